The second-order valence-electron chi connectivity index (χ2n) is 2.12. The molecule has 13 heavy (non-hydrogen) atoms. The maximum Gasteiger partial charge on any atom is 0.326 e. The summed E-state index contributed by atoms with van der Waals surface area (Å²) in [5, 5.41) is 16.7. The average molecular weight is 191 g/mol. The predicted molar refractivity (Wildman–Crippen MR) is 39.5 cm³/mol. The van der Waals surface area contributed by atoms with Crippen LogP contribution in [0.15, 0.2) is 0 Å². The van der Waals surface area contributed by atoms with Crippen molar-refractivity contribution < 1.29 is 24.6 Å². The van der Waals surface area contributed by atoms with Crippen LogP contribution >= 0.6 is 0 Å². The first-order valence-corrected chi connectivity index (χ1v) is 3.19. The van der Waals surface area contributed by atoms with E-state index in [0.29, 0.717) is 0 Å². The van der Waals surface area contributed by atoms with Gasteiger partial charge in [-0.1, -0.05) is 0 Å². The Hall–Kier alpha value is -1.83. The number of primary amides is 1. The van der Waals surface area contributed by atoms with Gasteiger partial charge in [-0.3, -0.25) is 15.0 Å². The third-order valence-electron chi connectivity index (χ3n) is 1.05. The molecule has 0 saturated heterocycles. The molecule has 0 aliphatic rings. The van der Waals surface area contributed by atoms with Crippen molar-refractivity contribution >= 4 is 18.0 Å². The van der Waals surface area contributed by atoms with Gasteiger partial charge in [0.25, 0.3) is 0 Å². The van der Waals surface area contributed by atoms with Gasteiger partial charge in [-0.25, -0.2) is 10.2 Å². The molecule has 0 heterocycles. The molecule has 0 aromatic rings. The van der Waals surface area contributed by atoms with Crippen LogP contribution < -0.4 is 16.6 Å². The molecule has 0 aromatic carbocycles. The van der Waals surface area contributed by atoms with Gasteiger partial charge in [-0.05, 0) is 0 Å². The molecular formula is C5H9N3O5. The molecule has 8 heteroatoms. The van der Waals surface area contributed by atoms with Crippen molar-refractivity contribution in [1.82, 2.24) is 10.9 Å². The standard InChI is InChI=1S/C5H9N3O5/c6-5(13)8-7-2(4(11)12)1-3(9)10/h2,7H,1H2,(H,9,10)(H,11,12)(H3,6,8,13)/t2-/m0/s1. The van der Waals surface area contributed by atoms with Gasteiger partial charge < -0.3 is 15.9 Å². The summed E-state index contributed by atoms with van der Waals surface area (Å²) in [6.45, 7) is 0. The molecule has 1 atom stereocenters. The van der Waals surface area contributed by atoms with Crippen LogP contribution in [0.2, 0.25) is 0 Å². The third kappa shape index (κ3) is 5.44. The van der Waals surface area contributed by atoms with Gasteiger partial charge in [-0.15, -0.1) is 0 Å². The zero-order valence-electron chi connectivity index (χ0n) is 6.48. The number of rotatable bonds is 5. The highest BCUT2D eigenvalue weighted by Crippen LogP contribution is 1.90. The minimum absolute atomic E-state index is 0.657. The van der Waals surface area contributed by atoms with Crippen molar-refractivity contribution in [2.24, 2.45) is 5.73 Å². The highest BCUT2D eigenvalue weighted by molar-refractivity contribution is 5.81. The van der Waals surface area contributed by atoms with Crippen molar-refractivity contribution in [1.29, 1.82) is 0 Å². The summed E-state index contributed by atoms with van der Waals surface area (Å²) >= 11 is 0. The first-order valence-electron chi connectivity index (χ1n) is 3.19. The highest BCUT2D eigenvalue weighted by Gasteiger charge is 2.20. The van der Waals surface area contributed by atoms with Crippen LogP contribution in [0.1, 0.15) is 6.42 Å². The van der Waals surface area contributed by atoms with E-state index in [2.05, 4.69) is 5.73 Å². The van der Waals surface area contributed by atoms with E-state index in [1.165, 1.54) is 0 Å². The number of nitrogens with one attached hydrogen (secondary N) is 2. The molecule has 0 spiro atoms. The van der Waals surface area contributed by atoms with Gasteiger partial charge >= 0.3 is 18.0 Å². The zero-order chi connectivity index (χ0) is 10.4. The van der Waals surface area contributed by atoms with Crippen molar-refractivity contribution in [3.05, 3.63) is 0 Å². The maximum atomic E-state index is 10.3. The molecule has 0 fully saturated rings. The van der Waals surface area contributed by atoms with Crippen LogP contribution in [0, 0.1) is 0 Å². The number of urea groups is 1. The van der Waals surface area contributed by atoms with Crippen molar-refractivity contribution in [3.8, 4) is 0 Å². The Morgan fingerprint density at radius 3 is 2.15 bits per heavy atom. The number of amides is 2. The minimum atomic E-state index is -1.40. The summed E-state index contributed by atoms with van der Waals surface area (Å²) in [6, 6.07) is -2.39. The molecule has 2 amide bonds. The number of hydrazine groups is 1. The summed E-state index contributed by atoms with van der Waals surface area (Å²) in [6.07, 6.45) is -0.657. The number of carbonyl (C=O) groups is 3. The van der Waals surface area contributed by atoms with E-state index in [1.54, 1.807) is 5.43 Å². The van der Waals surface area contributed by atoms with Gasteiger partial charge in [0.2, 0.25) is 0 Å². The lowest BCUT2D eigenvalue weighted by Gasteiger charge is -2.11. The SMILES string of the molecule is NC(=O)NN[C@@H](CC(=O)O)C(=O)O. The van der Waals surface area contributed by atoms with Gasteiger partial charge in [0.1, 0.15) is 6.04 Å². The highest BCUT2D eigenvalue weighted by atomic mass is 16.4. The second-order valence-corrected chi connectivity index (χ2v) is 2.12. The summed E-state index contributed by atoms with van der Waals surface area (Å²) in [5.74, 6) is -2.69. The Balaban J connectivity index is 4.02. The third-order valence-corrected chi connectivity index (χ3v) is 1.05. The van der Waals surface area contributed by atoms with E-state index in [9.17, 15) is 14.4 Å². The molecule has 74 valence electrons. The Morgan fingerprint density at radius 1 is 1.31 bits per heavy atom. The van der Waals surface area contributed by atoms with E-state index in [1.807, 2.05) is 5.43 Å². The number of hydrogen-bond acceptors (Lipinski definition) is 4. The van der Waals surface area contributed by atoms with Gasteiger partial charge in [0.15, 0.2) is 0 Å². The predicted octanol–water partition coefficient (Wildman–Crippen LogP) is -1.91. The van der Waals surface area contributed by atoms with Crippen LogP contribution in [0.4, 0.5) is 4.79 Å². The molecule has 8 nitrogen and oxygen atoms in total. The maximum absolute atomic E-state index is 10.3. The molecule has 0 saturated carbocycles. The smallest absolute Gasteiger partial charge is 0.326 e. The summed E-state index contributed by atoms with van der Waals surface area (Å²) in [4.78, 5) is 30.6. The Morgan fingerprint density at radius 2 is 1.85 bits per heavy atom. The number of nitrogens with two attached hydrogens (primary N) is 1. The Kier molecular flexibility index (Phi) is 4.24. The summed E-state index contributed by atoms with van der Waals surface area (Å²) < 4.78 is 0. The normalized spacial score (nSPS) is 11.7. The van der Waals surface area contributed by atoms with E-state index in [-0.39, 0.29) is 0 Å². The molecular weight excluding hydrogens is 182 g/mol. The molecule has 6 N–H and O–H groups in total. The fourth-order valence-corrected chi connectivity index (χ4v) is 0.533. The molecule has 0 aliphatic heterocycles. The van der Waals surface area contributed by atoms with Crippen LogP contribution in [0.5, 0.6) is 0 Å². The Bertz CT molecular complexity index is 228. The molecule has 0 aromatic heterocycles. The lowest BCUT2D eigenvalue weighted by molar-refractivity contribution is -0.146. The fraction of sp³-hybridized carbons (Fsp3) is 0.400. The molecule has 0 unspecified atom stereocenters. The molecule has 0 rings (SSSR count). The fourth-order valence-electron chi connectivity index (χ4n) is 0.533. The first-order chi connectivity index (χ1) is 5.93. The van der Waals surface area contributed by atoms with Crippen LogP contribution in [-0.2, 0) is 9.59 Å². The van der Waals surface area contributed by atoms with Crippen molar-refractivity contribution in [2.75, 3.05) is 0 Å². The number of aliphatic carboxylic acids is 2. The van der Waals surface area contributed by atoms with Gasteiger partial charge in [0.05, 0.1) is 6.42 Å². The van der Waals surface area contributed by atoms with Gasteiger partial charge in [0, 0.05) is 0 Å². The quantitative estimate of drug-likeness (QED) is 0.321. The first kappa shape index (κ1) is 11.2. The summed E-state index contributed by atoms with van der Waals surface area (Å²) in [5.41, 5.74) is 8.34. The van der Waals surface area contributed by atoms with E-state index >= 15 is 0 Å². The topological polar surface area (TPSA) is 142 Å². The molecule has 0 aliphatic carbocycles. The van der Waals surface area contributed by atoms with Crippen LogP contribution in [0.25, 0.3) is 0 Å². The second kappa shape index (κ2) is 4.93. The lowest BCUT2D eigenvalue weighted by atomic mass is 10.2. The van der Waals surface area contributed by atoms with E-state index < -0.39 is 30.4 Å². The zero-order valence-corrected chi connectivity index (χ0v) is 6.48. The monoisotopic (exact) mass is 191 g/mol. The number of carboxylic acid groups (broad SMARTS) is 2. The molecule has 0 radical (unpaired) electrons. The van der Waals surface area contributed by atoms with Crippen LogP contribution in [0.3, 0.4) is 0 Å². The van der Waals surface area contributed by atoms with Crippen molar-refractivity contribution in [2.45, 2.75) is 12.5 Å². The van der Waals surface area contributed by atoms with E-state index in [4.69, 9.17) is 10.2 Å². The van der Waals surface area contributed by atoms with E-state index in [0.717, 1.165) is 0 Å². The average Bonchev–Trinajstić information content (AvgIpc) is 1.96. The summed E-state index contributed by atoms with van der Waals surface area (Å²) in [7, 11) is 0. The molecule has 0 bridgehead atoms. The lowest BCUT2D eigenvalue weighted by Crippen LogP contribution is -2.50. The Labute approximate surface area is 72.7 Å². The van der Waals surface area contributed by atoms with Crippen LogP contribution in [-0.4, -0.2) is 34.2 Å². The minimum Gasteiger partial charge on any atom is -0.481 e. The van der Waals surface area contributed by atoms with Crippen molar-refractivity contribution in [3.63, 3.8) is 0 Å². The largest absolute Gasteiger partial charge is 0.481 e. The number of carbonyl (C=O) groups excluding carboxylic acids is 1. The number of hydrogen-bond donors (Lipinski definition) is 5. The number of carboxylic acids is 2. The van der Waals surface area contributed by atoms with Gasteiger partial charge in [-0.2, -0.15) is 0 Å².